The molecule has 0 unspecified atom stereocenters. The molecule has 3 fully saturated rings. The average Bonchev–Trinajstić information content (AvgIpc) is 3.12. The van der Waals surface area contributed by atoms with Crippen molar-refractivity contribution in [1.82, 2.24) is 10.6 Å². The van der Waals surface area contributed by atoms with Crippen LogP contribution in [0.5, 0.6) is 0 Å². The van der Waals surface area contributed by atoms with Crippen LogP contribution in [0.25, 0.3) is 0 Å². The van der Waals surface area contributed by atoms with Crippen LogP contribution in [0.3, 0.4) is 0 Å². The van der Waals surface area contributed by atoms with Crippen LogP contribution in [0.15, 0.2) is 0 Å². The molecule has 3 aliphatic rings. The fourth-order valence-corrected chi connectivity index (χ4v) is 6.39. The summed E-state index contributed by atoms with van der Waals surface area (Å²) in [6.45, 7) is -3.13. The number of rotatable bonds is 18. The lowest BCUT2D eigenvalue weighted by molar-refractivity contribution is -0.371. The number of nitrogens with one attached hydrogen (secondary N) is 2. The molecule has 3 rings (SSSR count). The van der Waals surface area contributed by atoms with Crippen molar-refractivity contribution >= 4 is 22.2 Å². The van der Waals surface area contributed by atoms with E-state index in [0.717, 1.165) is 13.8 Å². The quantitative estimate of drug-likeness (QED) is 0.0570. The molecule has 0 aromatic rings. The predicted octanol–water partition coefficient (Wildman–Crippen LogP) is -10.00. The number of hydrogen-bond acceptors (Lipinski definition) is 23. The molecule has 0 aliphatic carbocycles. The molecule has 0 aromatic heterocycles. The summed E-state index contributed by atoms with van der Waals surface area (Å²) in [6, 6.07) is -3.36. The zero-order valence-electron chi connectivity index (χ0n) is 29.2. The minimum absolute atomic E-state index is 0.758. The fourth-order valence-electron chi connectivity index (χ4n) is 6.08. The van der Waals surface area contributed by atoms with Gasteiger partial charge in [-0.05, 0) is 0 Å². The van der Waals surface area contributed by atoms with Crippen LogP contribution in [-0.4, -0.2) is 236 Å². The summed E-state index contributed by atoms with van der Waals surface area (Å²) in [4.78, 5) is 24.1. The third kappa shape index (κ3) is 12.1. The van der Waals surface area contributed by atoms with Crippen LogP contribution in [0.1, 0.15) is 13.8 Å². The van der Waals surface area contributed by atoms with E-state index in [1.165, 1.54) is 0 Å². The molecule has 0 radical (unpaired) electrons. The van der Waals surface area contributed by atoms with Crippen molar-refractivity contribution in [3.05, 3.63) is 0 Å². The smallest absolute Gasteiger partial charge is 0.394 e. The molecule has 55 heavy (non-hydrogen) atoms. The van der Waals surface area contributed by atoms with Gasteiger partial charge in [-0.3, -0.25) is 14.1 Å². The van der Waals surface area contributed by atoms with Crippen LogP contribution in [-0.2, 0) is 52.6 Å². The molecule has 26 nitrogen and oxygen atoms in total. The van der Waals surface area contributed by atoms with E-state index in [2.05, 4.69) is 14.8 Å². The maximum Gasteiger partial charge on any atom is 0.397 e. The van der Waals surface area contributed by atoms with Crippen LogP contribution >= 0.6 is 0 Å². The Kier molecular flexibility index (Phi) is 17.8. The van der Waals surface area contributed by atoms with Crippen LogP contribution in [0, 0.1) is 0 Å². The third-order valence-electron chi connectivity index (χ3n) is 8.87. The normalized spacial score (nSPS) is 39.4. The number of hydrogen-bond donors (Lipinski definition) is 15. The summed E-state index contributed by atoms with van der Waals surface area (Å²) in [6.07, 6.45) is -33.5. The van der Waals surface area contributed by atoms with Crippen molar-refractivity contribution in [3.8, 4) is 0 Å². The molecule has 0 aromatic carbocycles. The van der Waals surface area contributed by atoms with Crippen molar-refractivity contribution in [1.29, 1.82) is 0 Å². The summed E-state index contributed by atoms with van der Waals surface area (Å²) in [7, 11) is -5.25. The van der Waals surface area contributed by atoms with Gasteiger partial charge in [-0.2, -0.15) is 8.42 Å². The van der Waals surface area contributed by atoms with Gasteiger partial charge in [-0.15, -0.1) is 0 Å². The van der Waals surface area contributed by atoms with E-state index in [-0.39, 0.29) is 0 Å². The van der Waals surface area contributed by atoms with E-state index in [9.17, 15) is 83.8 Å². The van der Waals surface area contributed by atoms with E-state index < -0.39 is 172 Å². The Morgan fingerprint density at radius 2 is 1.25 bits per heavy atom. The fraction of sp³-hybridized carbons (Fsp3) is 0.929. The van der Waals surface area contributed by atoms with Crippen LogP contribution in [0.4, 0.5) is 0 Å². The Hall–Kier alpha value is -1.91. The standard InChI is InChI=1S/C28H50N2O24S/c1-8(35)29-10(3-31)23(16(38)11(37)4-32)52-28-22(44)25(18(40)13(6-34)50-28)54-26-15(30-9(2)36)19(41)24(14(51-26)7-48-55(45,46)47)53-27-21(43)20(42)17(39)12(5-33)49-27/h10-28,31-34,37-44H,3-7H2,1-2H3,(H,29,35)(H,30,36)(H,45,46,47)/t10-,11+,12+,13+,14+,15+,16-,17-,18-,19+,20-,21+,22+,23+,24+,25-,26-,27-,28-/m0/s1. The molecule has 322 valence electrons. The number of aliphatic hydroxyl groups excluding tert-OH is 12. The Labute approximate surface area is 312 Å². The van der Waals surface area contributed by atoms with Crippen molar-refractivity contribution in [2.24, 2.45) is 0 Å². The van der Waals surface area contributed by atoms with Gasteiger partial charge in [0.05, 0.1) is 39.1 Å². The molecule has 3 saturated heterocycles. The lowest BCUT2D eigenvalue weighted by Gasteiger charge is -2.49. The van der Waals surface area contributed by atoms with E-state index in [1.807, 2.05) is 0 Å². The van der Waals surface area contributed by atoms with E-state index in [0.29, 0.717) is 0 Å². The van der Waals surface area contributed by atoms with Gasteiger partial charge in [-0.1, -0.05) is 0 Å². The third-order valence-corrected chi connectivity index (χ3v) is 9.30. The van der Waals surface area contributed by atoms with Crippen molar-refractivity contribution < 1.29 is 116 Å². The van der Waals surface area contributed by atoms with Gasteiger partial charge >= 0.3 is 10.4 Å². The molecule has 3 heterocycles. The molecule has 2 amide bonds. The number of ether oxygens (including phenoxy) is 6. The molecule has 19 atom stereocenters. The molecule has 0 saturated carbocycles. The lowest BCUT2D eigenvalue weighted by Crippen LogP contribution is -2.69. The Morgan fingerprint density at radius 1 is 0.691 bits per heavy atom. The molecule has 0 spiro atoms. The zero-order valence-corrected chi connectivity index (χ0v) is 30.0. The highest BCUT2D eigenvalue weighted by Crippen LogP contribution is 2.34. The van der Waals surface area contributed by atoms with Crippen LogP contribution in [0.2, 0.25) is 0 Å². The average molecular weight is 831 g/mol. The Bertz CT molecular complexity index is 1330. The first kappa shape index (κ1) is 47.5. The van der Waals surface area contributed by atoms with Gasteiger partial charge in [-0.25, -0.2) is 4.18 Å². The topological polar surface area (TPSA) is 420 Å². The van der Waals surface area contributed by atoms with Crippen molar-refractivity contribution in [3.63, 3.8) is 0 Å². The monoisotopic (exact) mass is 830 g/mol. The van der Waals surface area contributed by atoms with Crippen molar-refractivity contribution in [2.45, 2.75) is 130 Å². The second-order valence-electron chi connectivity index (χ2n) is 12.9. The van der Waals surface area contributed by atoms with Gasteiger partial charge in [0.15, 0.2) is 18.9 Å². The number of aliphatic hydroxyl groups is 12. The van der Waals surface area contributed by atoms with E-state index in [4.69, 9.17) is 28.4 Å². The summed E-state index contributed by atoms with van der Waals surface area (Å²) in [5, 5.41) is 129. The van der Waals surface area contributed by atoms with Gasteiger partial charge < -0.3 is 100 Å². The maximum atomic E-state index is 12.3. The molecule has 15 N–H and O–H groups in total. The first-order chi connectivity index (χ1) is 25.7. The van der Waals surface area contributed by atoms with Gasteiger partial charge in [0.25, 0.3) is 0 Å². The minimum atomic E-state index is -5.25. The largest absolute Gasteiger partial charge is 0.397 e. The minimum Gasteiger partial charge on any atom is -0.394 e. The van der Waals surface area contributed by atoms with E-state index in [1.54, 1.807) is 0 Å². The molecule has 0 bridgehead atoms. The first-order valence-electron chi connectivity index (χ1n) is 16.7. The number of amides is 2. The summed E-state index contributed by atoms with van der Waals surface area (Å²) in [5.74, 6) is -1.64. The molecular weight excluding hydrogens is 780 g/mol. The molecule has 27 heteroatoms. The van der Waals surface area contributed by atoms with Gasteiger partial charge in [0.2, 0.25) is 11.8 Å². The Morgan fingerprint density at radius 3 is 1.78 bits per heavy atom. The molecular formula is C28H50N2O24S. The second-order valence-corrected chi connectivity index (χ2v) is 14.0. The number of carbonyl (C=O) groups is 2. The maximum absolute atomic E-state index is 12.3. The van der Waals surface area contributed by atoms with Gasteiger partial charge in [0, 0.05) is 13.8 Å². The predicted molar refractivity (Wildman–Crippen MR) is 170 cm³/mol. The van der Waals surface area contributed by atoms with Gasteiger partial charge in [0.1, 0.15) is 91.5 Å². The molecule has 3 aliphatic heterocycles. The zero-order chi connectivity index (χ0) is 41.5. The Balaban J connectivity index is 2.00. The summed E-state index contributed by atoms with van der Waals surface area (Å²) < 4.78 is 70.2. The SMILES string of the molecule is CC(=O)N[C@H]1[C@H](O[C@H]2[C@@H](O)[C@@H](CO)O[C@@H](O[C@@H]([C@@H](O)[C@H](O)CO)[C@H](CO)NC(C)=O)[C@@H]2O)O[C@H](COS(=O)(=O)O)[C@@H](O[C@@H]2O[C@H](CO)[C@H](O)[C@H](O)[C@H]2O)[C@@H]1O. The van der Waals surface area contributed by atoms with E-state index >= 15 is 0 Å². The second kappa shape index (κ2) is 20.7. The highest BCUT2D eigenvalue weighted by molar-refractivity contribution is 7.80. The summed E-state index contributed by atoms with van der Waals surface area (Å²) >= 11 is 0. The number of carbonyl (C=O) groups excluding carboxylic acids is 2. The highest BCUT2D eigenvalue weighted by atomic mass is 32.3. The van der Waals surface area contributed by atoms with Crippen molar-refractivity contribution in [2.75, 3.05) is 33.0 Å². The highest BCUT2D eigenvalue weighted by Gasteiger charge is 2.55. The summed E-state index contributed by atoms with van der Waals surface area (Å²) in [5.41, 5.74) is 0. The van der Waals surface area contributed by atoms with Crippen LogP contribution < -0.4 is 10.6 Å². The lowest BCUT2D eigenvalue weighted by atomic mass is 9.94. The first-order valence-corrected chi connectivity index (χ1v) is 18.0.